The molecule has 21 heavy (non-hydrogen) atoms. The van der Waals surface area contributed by atoms with Crippen LogP contribution in [0.3, 0.4) is 0 Å². The molecule has 0 fully saturated rings. The summed E-state index contributed by atoms with van der Waals surface area (Å²) in [7, 11) is 2.84. The fourth-order valence-corrected chi connectivity index (χ4v) is 2.03. The van der Waals surface area contributed by atoms with Gasteiger partial charge in [-0.05, 0) is 12.5 Å². The fourth-order valence-electron chi connectivity index (χ4n) is 1.77. The molecule has 1 N–H and O–H groups in total. The van der Waals surface area contributed by atoms with E-state index in [0.717, 1.165) is 0 Å². The van der Waals surface area contributed by atoms with Gasteiger partial charge in [0.05, 0.1) is 24.7 Å². The molecule has 1 amide bonds. The number of nitrogens with one attached hydrogen (secondary N) is 1. The summed E-state index contributed by atoms with van der Waals surface area (Å²) in [6.45, 7) is 0.336. The number of nitro groups is 1. The first-order valence-electron chi connectivity index (χ1n) is 6.21. The number of methoxy groups -OCH3 is 2. The third kappa shape index (κ3) is 4.87. The third-order valence-electron chi connectivity index (χ3n) is 2.80. The summed E-state index contributed by atoms with van der Waals surface area (Å²) < 4.78 is 9.93. The van der Waals surface area contributed by atoms with Crippen LogP contribution in [0.1, 0.15) is 16.8 Å². The highest BCUT2D eigenvalue weighted by atomic mass is 35.5. The molecule has 1 unspecified atom stereocenters. The van der Waals surface area contributed by atoms with Crippen molar-refractivity contribution in [1.82, 2.24) is 5.32 Å². The van der Waals surface area contributed by atoms with Gasteiger partial charge in [0.1, 0.15) is 0 Å². The Bertz CT molecular complexity index is 503. The minimum Gasteiger partial charge on any atom is -0.490 e. The average Bonchev–Trinajstić information content (AvgIpc) is 2.46. The van der Waals surface area contributed by atoms with Crippen LogP contribution >= 0.6 is 11.6 Å². The van der Waals surface area contributed by atoms with Crippen LogP contribution in [0.25, 0.3) is 0 Å². The van der Waals surface area contributed by atoms with E-state index in [-0.39, 0.29) is 28.9 Å². The Labute approximate surface area is 127 Å². The van der Waals surface area contributed by atoms with Gasteiger partial charge >= 0.3 is 5.69 Å². The van der Waals surface area contributed by atoms with Crippen LogP contribution < -0.4 is 10.1 Å². The normalized spacial score (nSPS) is 11.8. The van der Waals surface area contributed by atoms with E-state index in [4.69, 9.17) is 21.1 Å². The zero-order chi connectivity index (χ0) is 15.8. The van der Waals surface area contributed by atoms with Crippen molar-refractivity contribution in [1.29, 1.82) is 0 Å². The second-order valence-corrected chi connectivity index (χ2v) is 4.63. The number of nitrogens with zero attached hydrogens (tertiary/aromatic N) is 1. The molecule has 0 saturated carbocycles. The lowest BCUT2D eigenvalue weighted by atomic mass is 10.1. The van der Waals surface area contributed by atoms with Gasteiger partial charge in [0, 0.05) is 30.7 Å². The molecule has 8 heteroatoms. The Balaban J connectivity index is 2.89. The molecular weight excluding hydrogens is 300 g/mol. The summed E-state index contributed by atoms with van der Waals surface area (Å²) in [4.78, 5) is 22.4. The number of rotatable bonds is 8. The molecule has 1 atom stereocenters. The van der Waals surface area contributed by atoms with Crippen LogP contribution in [0.5, 0.6) is 5.75 Å². The summed E-state index contributed by atoms with van der Waals surface area (Å²) in [5, 5.41) is 13.6. The van der Waals surface area contributed by atoms with Crippen LogP contribution in [0.15, 0.2) is 18.2 Å². The summed E-state index contributed by atoms with van der Waals surface area (Å²) in [6, 6.07) is 3.72. The molecule has 0 saturated heterocycles. The van der Waals surface area contributed by atoms with Crippen LogP contribution in [0.4, 0.5) is 5.69 Å². The van der Waals surface area contributed by atoms with Gasteiger partial charge in [-0.1, -0.05) is 0 Å². The van der Waals surface area contributed by atoms with Gasteiger partial charge in [-0.2, -0.15) is 0 Å². The maximum atomic E-state index is 12.1. The van der Waals surface area contributed by atoms with Crippen molar-refractivity contribution in [2.75, 3.05) is 26.7 Å². The second-order valence-electron chi connectivity index (χ2n) is 4.25. The van der Waals surface area contributed by atoms with Gasteiger partial charge in [-0.3, -0.25) is 14.9 Å². The summed E-state index contributed by atoms with van der Waals surface area (Å²) >= 11 is 5.66. The van der Waals surface area contributed by atoms with Gasteiger partial charge in [-0.25, -0.2) is 0 Å². The molecule has 0 aromatic heterocycles. The van der Waals surface area contributed by atoms with Gasteiger partial charge in [0.25, 0.3) is 5.91 Å². The molecule has 0 aliphatic rings. The lowest BCUT2D eigenvalue weighted by Crippen LogP contribution is -2.38. The topological polar surface area (TPSA) is 90.7 Å². The summed E-state index contributed by atoms with van der Waals surface area (Å²) in [6.07, 6.45) is 0.561. The highest BCUT2D eigenvalue weighted by Gasteiger charge is 2.19. The molecule has 0 radical (unpaired) electrons. The molecule has 1 aromatic carbocycles. The first-order chi connectivity index (χ1) is 10.0. The molecule has 7 nitrogen and oxygen atoms in total. The van der Waals surface area contributed by atoms with E-state index in [2.05, 4.69) is 5.32 Å². The lowest BCUT2D eigenvalue weighted by Gasteiger charge is -2.17. The van der Waals surface area contributed by atoms with Crippen molar-refractivity contribution in [3.05, 3.63) is 33.9 Å². The molecule has 1 rings (SSSR count). The minimum absolute atomic E-state index is 0.0354. The van der Waals surface area contributed by atoms with E-state index < -0.39 is 4.92 Å². The number of carbonyl (C=O) groups is 1. The molecule has 116 valence electrons. The van der Waals surface area contributed by atoms with Crippen molar-refractivity contribution in [2.45, 2.75) is 12.5 Å². The Hall–Kier alpha value is -1.86. The van der Waals surface area contributed by atoms with Crippen molar-refractivity contribution < 1.29 is 19.2 Å². The zero-order valence-electron chi connectivity index (χ0n) is 11.8. The quantitative estimate of drug-likeness (QED) is 0.450. The van der Waals surface area contributed by atoms with Gasteiger partial charge in [0.15, 0.2) is 5.75 Å². The summed E-state index contributed by atoms with van der Waals surface area (Å²) in [5.74, 6) is 0.0568. The largest absolute Gasteiger partial charge is 0.490 e. The minimum atomic E-state index is -0.568. The number of carbonyl (C=O) groups excluding carboxylic acids is 1. The van der Waals surface area contributed by atoms with Crippen LogP contribution in [0, 0.1) is 10.1 Å². The van der Waals surface area contributed by atoms with E-state index in [1.54, 1.807) is 0 Å². The number of halogens is 1. The van der Waals surface area contributed by atoms with E-state index in [1.807, 2.05) is 0 Å². The Morgan fingerprint density at radius 2 is 2.19 bits per heavy atom. The fraction of sp³-hybridized carbons (Fsp3) is 0.462. The highest BCUT2D eigenvalue weighted by Crippen LogP contribution is 2.27. The van der Waals surface area contributed by atoms with Gasteiger partial charge in [-0.15, -0.1) is 11.6 Å². The molecular formula is C13H17ClN2O5. The average molecular weight is 317 g/mol. The Kier molecular flexibility index (Phi) is 6.90. The van der Waals surface area contributed by atoms with Crippen LogP contribution in [-0.2, 0) is 4.74 Å². The number of amides is 1. The Morgan fingerprint density at radius 1 is 1.48 bits per heavy atom. The number of ether oxygens (including phenoxy) is 2. The van der Waals surface area contributed by atoms with Crippen LogP contribution in [-0.4, -0.2) is 43.6 Å². The number of hydrogen-bond donors (Lipinski definition) is 1. The molecule has 0 aliphatic heterocycles. The maximum absolute atomic E-state index is 12.1. The van der Waals surface area contributed by atoms with E-state index in [1.165, 1.54) is 32.4 Å². The molecule has 0 aliphatic carbocycles. The first kappa shape index (κ1) is 17.2. The standard InChI is InChI=1S/C13H17ClN2O5/c1-20-8-10(5-6-14)15-13(17)9-3-4-11(16(18)19)12(7-9)21-2/h3-4,7,10H,5-6,8H2,1-2H3,(H,15,17). The lowest BCUT2D eigenvalue weighted by molar-refractivity contribution is -0.385. The number of nitro benzene ring substituents is 1. The number of alkyl halides is 1. The van der Waals surface area contributed by atoms with E-state index in [9.17, 15) is 14.9 Å². The van der Waals surface area contributed by atoms with Gasteiger partial charge in [0.2, 0.25) is 0 Å². The predicted octanol–water partition coefficient (Wildman–Crippen LogP) is 1.98. The van der Waals surface area contributed by atoms with Crippen molar-refractivity contribution in [2.24, 2.45) is 0 Å². The highest BCUT2D eigenvalue weighted by molar-refractivity contribution is 6.17. The number of hydrogen-bond acceptors (Lipinski definition) is 5. The molecule has 0 bridgehead atoms. The third-order valence-corrected chi connectivity index (χ3v) is 3.02. The number of benzene rings is 1. The Morgan fingerprint density at radius 3 is 2.71 bits per heavy atom. The molecule has 0 heterocycles. The van der Waals surface area contributed by atoms with E-state index >= 15 is 0 Å². The summed E-state index contributed by atoms with van der Waals surface area (Å²) in [5.41, 5.74) is 0.0800. The predicted molar refractivity (Wildman–Crippen MR) is 78.1 cm³/mol. The second kappa shape index (κ2) is 8.43. The van der Waals surface area contributed by atoms with Gasteiger partial charge < -0.3 is 14.8 Å². The van der Waals surface area contributed by atoms with Crippen molar-refractivity contribution in [3.63, 3.8) is 0 Å². The van der Waals surface area contributed by atoms with Crippen molar-refractivity contribution >= 4 is 23.2 Å². The van der Waals surface area contributed by atoms with Crippen molar-refractivity contribution in [3.8, 4) is 5.75 Å². The zero-order valence-corrected chi connectivity index (χ0v) is 12.6. The monoisotopic (exact) mass is 316 g/mol. The molecule has 1 aromatic rings. The maximum Gasteiger partial charge on any atom is 0.310 e. The van der Waals surface area contributed by atoms with Crippen LogP contribution in [0.2, 0.25) is 0 Å². The molecule has 0 spiro atoms. The SMILES string of the molecule is COCC(CCCl)NC(=O)c1ccc([N+](=O)[O-])c(OC)c1. The smallest absolute Gasteiger partial charge is 0.310 e. The first-order valence-corrected chi connectivity index (χ1v) is 6.75. The van der Waals surface area contributed by atoms with E-state index in [0.29, 0.717) is 18.9 Å².